The number of aromatic nitrogens is 1. The lowest BCUT2D eigenvalue weighted by molar-refractivity contribution is 0.340. The van der Waals surface area contributed by atoms with Gasteiger partial charge in [-0.25, -0.2) is 9.98 Å². The molecule has 0 bridgehead atoms. The third kappa shape index (κ3) is 2.25. The smallest absolute Gasteiger partial charge is 0.129 e. The van der Waals surface area contributed by atoms with Crippen LogP contribution in [0.15, 0.2) is 41.5 Å². The number of hydrogen-bond acceptors (Lipinski definition) is 4. The highest BCUT2D eigenvalue weighted by molar-refractivity contribution is 6.22. The number of rotatable bonds is 4. The highest BCUT2D eigenvalue weighted by Crippen LogP contribution is 2.36. The second kappa shape index (κ2) is 5.44. The first-order valence-corrected chi connectivity index (χ1v) is 7.92. The van der Waals surface area contributed by atoms with Crippen LogP contribution in [0.25, 0.3) is 0 Å². The lowest BCUT2D eigenvalue weighted by Crippen LogP contribution is -2.20. The third-order valence-corrected chi connectivity index (χ3v) is 4.22. The van der Waals surface area contributed by atoms with Gasteiger partial charge in [-0.1, -0.05) is 0 Å². The number of benzene rings is 1. The molecule has 22 heavy (non-hydrogen) atoms. The third-order valence-electron chi connectivity index (χ3n) is 4.22. The van der Waals surface area contributed by atoms with Gasteiger partial charge in [0.15, 0.2) is 0 Å². The van der Waals surface area contributed by atoms with Gasteiger partial charge in [-0.15, -0.1) is 0 Å². The molecule has 2 aromatic rings. The summed E-state index contributed by atoms with van der Waals surface area (Å²) in [4.78, 5) is 11.5. The summed E-state index contributed by atoms with van der Waals surface area (Å²) in [7, 11) is 0. The number of ether oxygens (including phenoxy) is 1. The van der Waals surface area contributed by atoms with Gasteiger partial charge in [-0.2, -0.15) is 0 Å². The summed E-state index contributed by atoms with van der Waals surface area (Å²) in [5, 5.41) is 0. The van der Waals surface area contributed by atoms with Crippen LogP contribution in [0.2, 0.25) is 0 Å². The molecule has 112 valence electrons. The monoisotopic (exact) mass is 293 g/mol. The van der Waals surface area contributed by atoms with E-state index in [1.54, 1.807) is 0 Å². The Kier molecular flexibility index (Phi) is 3.29. The Morgan fingerprint density at radius 1 is 1.14 bits per heavy atom. The number of pyridine rings is 1. The summed E-state index contributed by atoms with van der Waals surface area (Å²) in [6, 6.07) is 10.3. The molecule has 0 spiro atoms. The molecular weight excluding hydrogens is 274 g/mol. The van der Waals surface area contributed by atoms with E-state index in [-0.39, 0.29) is 0 Å². The molecule has 3 heterocycles. The summed E-state index contributed by atoms with van der Waals surface area (Å²) in [6.45, 7) is 4.89. The summed E-state index contributed by atoms with van der Waals surface area (Å²) in [5.74, 6) is 1.97. The molecule has 0 unspecified atom stereocenters. The summed E-state index contributed by atoms with van der Waals surface area (Å²) in [6.07, 6.45) is 4.40. The molecule has 0 amide bonds. The van der Waals surface area contributed by atoms with Crippen molar-refractivity contribution in [1.82, 2.24) is 4.98 Å². The molecule has 2 aliphatic heterocycles. The van der Waals surface area contributed by atoms with E-state index in [0.717, 1.165) is 41.6 Å². The Balaban J connectivity index is 1.63. The minimum Gasteiger partial charge on any atom is -0.494 e. The maximum absolute atomic E-state index is 5.59. The molecule has 0 atom stereocenters. The van der Waals surface area contributed by atoms with Gasteiger partial charge in [-0.3, -0.25) is 0 Å². The van der Waals surface area contributed by atoms with E-state index in [2.05, 4.69) is 27.0 Å². The second-order valence-corrected chi connectivity index (χ2v) is 5.67. The van der Waals surface area contributed by atoms with Crippen molar-refractivity contribution in [2.45, 2.75) is 19.8 Å². The quantitative estimate of drug-likeness (QED) is 0.738. The fourth-order valence-corrected chi connectivity index (χ4v) is 3.09. The largest absolute Gasteiger partial charge is 0.494 e. The van der Waals surface area contributed by atoms with Gasteiger partial charge in [0.1, 0.15) is 11.6 Å². The van der Waals surface area contributed by atoms with Crippen molar-refractivity contribution < 1.29 is 4.74 Å². The predicted molar refractivity (Wildman–Crippen MR) is 88.6 cm³/mol. The van der Waals surface area contributed by atoms with Gasteiger partial charge in [0.25, 0.3) is 0 Å². The molecule has 1 aromatic carbocycles. The molecule has 4 rings (SSSR count). The van der Waals surface area contributed by atoms with Crippen LogP contribution in [0.4, 0.5) is 11.5 Å². The first-order valence-electron chi connectivity index (χ1n) is 7.92. The number of aliphatic imine (C=N–C) groups is 1. The number of nitrogens with zero attached hydrogens (tertiary/aromatic N) is 3. The van der Waals surface area contributed by atoms with Crippen LogP contribution >= 0.6 is 0 Å². The van der Waals surface area contributed by atoms with Crippen LogP contribution in [0, 0.1) is 0 Å². The molecule has 0 aliphatic carbocycles. The van der Waals surface area contributed by atoms with Crippen LogP contribution in [0.5, 0.6) is 5.75 Å². The van der Waals surface area contributed by atoms with Crippen molar-refractivity contribution >= 4 is 17.2 Å². The van der Waals surface area contributed by atoms with Gasteiger partial charge in [0.05, 0.1) is 18.0 Å². The van der Waals surface area contributed by atoms with Crippen molar-refractivity contribution in [3.05, 3.63) is 47.7 Å². The first kappa shape index (κ1) is 13.3. The van der Waals surface area contributed by atoms with Crippen LogP contribution < -0.4 is 9.64 Å². The zero-order chi connectivity index (χ0) is 14.9. The zero-order valence-corrected chi connectivity index (χ0v) is 12.7. The van der Waals surface area contributed by atoms with Crippen LogP contribution in [0.3, 0.4) is 0 Å². The Hall–Kier alpha value is -2.36. The van der Waals surface area contributed by atoms with Crippen molar-refractivity contribution in [3.63, 3.8) is 0 Å². The average Bonchev–Trinajstić information content (AvgIpc) is 3.05. The maximum atomic E-state index is 5.59. The number of anilines is 1. The Morgan fingerprint density at radius 3 is 2.82 bits per heavy atom. The van der Waals surface area contributed by atoms with E-state index in [9.17, 15) is 0 Å². The van der Waals surface area contributed by atoms with Crippen molar-refractivity contribution in [2.75, 3.05) is 24.6 Å². The molecule has 1 fully saturated rings. The zero-order valence-electron chi connectivity index (χ0n) is 12.7. The van der Waals surface area contributed by atoms with E-state index in [4.69, 9.17) is 4.74 Å². The summed E-state index contributed by atoms with van der Waals surface area (Å²) >= 11 is 0. The highest BCUT2D eigenvalue weighted by Gasteiger charge is 2.22. The van der Waals surface area contributed by atoms with Crippen LogP contribution in [-0.4, -0.2) is 30.4 Å². The summed E-state index contributed by atoms with van der Waals surface area (Å²) in [5.41, 5.74) is 4.39. The standard InChI is InChI=1S/C18H19N3O/c1-2-22-14-5-6-16-15(12-14)18(20-16)13-7-8-19-17(11-13)21-9-3-4-10-21/h5-8,11-12H,2-4,9-10H2,1H3. The molecule has 1 saturated heterocycles. The highest BCUT2D eigenvalue weighted by atomic mass is 16.5. The SMILES string of the molecule is CCOc1ccc2c(c1)C(c1ccnc(N3CCCC3)c1)=N2. The molecular formula is C18H19N3O. The van der Waals surface area contributed by atoms with Gasteiger partial charge in [0, 0.05) is 30.4 Å². The summed E-state index contributed by atoms with van der Waals surface area (Å²) < 4.78 is 5.59. The first-order chi connectivity index (χ1) is 10.8. The van der Waals surface area contributed by atoms with Crippen molar-refractivity contribution in [1.29, 1.82) is 0 Å². The molecule has 2 aliphatic rings. The molecule has 0 saturated carbocycles. The van der Waals surface area contributed by atoms with E-state index in [1.807, 2.05) is 31.3 Å². The van der Waals surface area contributed by atoms with Gasteiger partial charge in [0.2, 0.25) is 0 Å². The topological polar surface area (TPSA) is 37.7 Å². The molecule has 0 radical (unpaired) electrons. The fourth-order valence-electron chi connectivity index (χ4n) is 3.09. The normalized spacial score (nSPS) is 16.0. The lowest BCUT2D eigenvalue weighted by Gasteiger charge is -2.22. The Bertz CT molecular complexity index is 733. The number of fused-ring (bicyclic) bond motifs is 1. The maximum Gasteiger partial charge on any atom is 0.129 e. The van der Waals surface area contributed by atoms with Crippen molar-refractivity contribution in [2.24, 2.45) is 4.99 Å². The second-order valence-electron chi connectivity index (χ2n) is 5.67. The molecule has 4 heteroatoms. The van der Waals surface area contributed by atoms with E-state index in [1.165, 1.54) is 18.4 Å². The van der Waals surface area contributed by atoms with Crippen LogP contribution in [-0.2, 0) is 0 Å². The Morgan fingerprint density at radius 2 is 2.00 bits per heavy atom. The fraction of sp³-hybridized carbons (Fsp3) is 0.333. The molecule has 0 N–H and O–H groups in total. The van der Waals surface area contributed by atoms with Crippen molar-refractivity contribution in [3.8, 4) is 5.75 Å². The van der Waals surface area contributed by atoms with Gasteiger partial charge >= 0.3 is 0 Å². The van der Waals surface area contributed by atoms with Crippen LogP contribution in [0.1, 0.15) is 30.9 Å². The Labute approximate surface area is 130 Å². The lowest BCUT2D eigenvalue weighted by atomic mass is 9.96. The van der Waals surface area contributed by atoms with E-state index in [0.29, 0.717) is 6.61 Å². The van der Waals surface area contributed by atoms with E-state index < -0.39 is 0 Å². The molecule has 1 aromatic heterocycles. The minimum absolute atomic E-state index is 0.680. The number of hydrogen-bond donors (Lipinski definition) is 0. The predicted octanol–water partition coefficient (Wildman–Crippen LogP) is 3.56. The van der Waals surface area contributed by atoms with Gasteiger partial charge in [-0.05, 0) is 50.1 Å². The van der Waals surface area contributed by atoms with Gasteiger partial charge < -0.3 is 9.64 Å². The average molecular weight is 293 g/mol. The molecule has 4 nitrogen and oxygen atoms in total. The minimum atomic E-state index is 0.680. The van der Waals surface area contributed by atoms with E-state index >= 15 is 0 Å².